The molecule has 0 unspecified atom stereocenters. The number of imidazole rings is 1. The Kier molecular flexibility index (Phi) is 2.79. The van der Waals surface area contributed by atoms with Gasteiger partial charge in [-0.15, -0.1) is 11.6 Å². The first-order valence-corrected chi connectivity index (χ1v) is 4.95. The zero-order chi connectivity index (χ0) is 9.80. The Labute approximate surface area is 87.2 Å². The van der Waals surface area contributed by atoms with Gasteiger partial charge in [0.25, 0.3) is 0 Å². The van der Waals surface area contributed by atoms with Gasteiger partial charge in [-0.1, -0.05) is 6.07 Å². The molecule has 2 aromatic heterocycles. The van der Waals surface area contributed by atoms with E-state index in [-0.39, 0.29) is 0 Å². The predicted octanol–water partition coefficient (Wildman–Crippen LogP) is 2.25. The first-order chi connectivity index (χ1) is 6.90. The smallest absolute Gasteiger partial charge is 0.107 e. The maximum Gasteiger partial charge on any atom is 0.107 e. The van der Waals surface area contributed by atoms with E-state index in [4.69, 9.17) is 11.6 Å². The lowest BCUT2D eigenvalue weighted by molar-refractivity contribution is 0.996. The number of aryl methyl sites for hydroxylation is 1. The first-order valence-electron chi connectivity index (χ1n) is 4.41. The molecule has 0 fully saturated rings. The molecule has 0 atom stereocenters. The summed E-state index contributed by atoms with van der Waals surface area (Å²) in [6.45, 7) is 0. The van der Waals surface area contributed by atoms with E-state index in [9.17, 15) is 0 Å². The van der Waals surface area contributed by atoms with Crippen LogP contribution in [0.15, 0.2) is 30.6 Å². The number of nitrogens with one attached hydrogen (secondary N) is 1. The molecule has 0 saturated heterocycles. The van der Waals surface area contributed by atoms with E-state index in [1.807, 2.05) is 18.2 Å². The topological polar surface area (TPSA) is 41.6 Å². The zero-order valence-electron chi connectivity index (χ0n) is 7.57. The summed E-state index contributed by atoms with van der Waals surface area (Å²) in [5.74, 6) is 1.48. The number of halogens is 1. The van der Waals surface area contributed by atoms with Crippen molar-refractivity contribution in [1.29, 1.82) is 0 Å². The lowest BCUT2D eigenvalue weighted by Gasteiger charge is -1.94. The molecule has 1 N–H and O–H groups in total. The third kappa shape index (κ3) is 1.93. The molecule has 0 radical (unpaired) electrons. The molecule has 2 aromatic rings. The fourth-order valence-corrected chi connectivity index (χ4v) is 1.41. The van der Waals surface area contributed by atoms with E-state index in [1.54, 1.807) is 12.4 Å². The zero-order valence-corrected chi connectivity index (χ0v) is 8.33. The van der Waals surface area contributed by atoms with Gasteiger partial charge in [-0.25, -0.2) is 4.98 Å². The summed E-state index contributed by atoms with van der Waals surface area (Å²) in [6, 6.07) is 5.78. The van der Waals surface area contributed by atoms with E-state index in [1.165, 1.54) is 0 Å². The minimum atomic E-state index is 0.579. The molecule has 0 spiro atoms. The fraction of sp³-hybridized carbons (Fsp3) is 0.200. The van der Waals surface area contributed by atoms with E-state index in [0.717, 1.165) is 23.6 Å². The van der Waals surface area contributed by atoms with Crippen molar-refractivity contribution in [3.63, 3.8) is 0 Å². The highest BCUT2D eigenvalue weighted by Gasteiger charge is 2.02. The minimum Gasteiger partial charge on any atom is -0.341 e. The summed E-state index contributed by atoms with van der Waals surface area (Å²) in [5, 5.41) is 0. The van der Waals surface area contributed by atoms with E-state index >= 15 is 0 Å². The van der Waals surface area contributed by atoms with E-state index in [2.05, 4.69) is 15.0 Å². The maximum absolute atomic E-state index is 5.62. The third-order valence-corrected chi connectivity index (χ3v) is 2.09. The maximum atomic E-state index is 5.62. The second kappa shape index (κ2) is 4.24. The molecule has 0 aliphatic heterocycles. The molecular weight excluding hydrogens is 198 g/mol. The second-order valence-electron chi connectivity index (χ2n) is 2.90. The Morgan fingerprint density at radius 1 is 1.29 bits per heavy atom. The number of hydrogen-bond donors (Lipinski definition) is 1. The highest BCUT2D eigenvalue weighted by molar-refractivity contribution is 6.17. The summed E-state index contributed by atoms with van der Waals surface area (Å²) in [5.41, 5.74) is 1.84. The Balaban J connectivity index is 2.25. The molecule has 2 heterocycles. The van der Waals surface area contributed by atoms with Crippen LogP contribution in [0.3, 0.4) is 0 Å². The molecule has 72 valence electrons. The molecule has 0 saturated carbocycles. The minimum absolute atomic E-state index is 0.579. The van der Waals surface area contributed by atoms with Gasteiger partial charge in [-0.05, 0) is 12.1 Å². The number of aromatic amines is 1. The van der Waals surface area contributed by atoms with Crippen LogP contribution in [0.2, 0.25) is 0 Å². The normalized spacial score (nSPS) is 10.4. The molecule has 14 heavy (non-hydrogen) atoms. The van der Waals surface area contributed by atoms with Crippen LogP contribution in [0.4, 0.5) is 0 Å². The number of nitrogens with zero attached hydrogens (tertiary/aromatic N) is 2. The molecule has 0 amide bonds. The molecule has 0 aliphatic rings. The van der Waals surface area contributed by atoms with Crippen molar-refractivity contribution >= 4 is 11.6 Å². The summed E-state index contributed by atoms with van der Waals surface area (Å²) in [6.07, 6.45) is 4.30. The SMILES string of the molecule is ClCCc1ncc(-c2ccccn2)[nH]1. The summed E-state index contributed by atoms with van der Waals surface area (Å²) < 4.78 is 0. The number of H-pyrrole nitrogens is 1. The van der Waals surface area contributed by atoms with Crippen LogP contribution < -0.4 is 0 Å². The number of aromatic nitrogens is 3. The first kappa shape index (κ1) is 9.21. The highest BCUT2D eigenvalue weighted by Crippen LogP contribution is 2.13. The largest absolute Gasteiger partial charge is 0.341 e. The van der Waals surface area contributed by atoms with Crippen molar-refractivity contribution < 1.29 is 0 Å². The molecular formula is C10H10ClN3. The van der Waals surface area contributed by atoms with Crippen molar-refractivity contribution in [2.75, 3.05) is 5.88 Å². The van der Waals surface area contributed by atoms with Crippen LogP contribution in [-0.2, 0) is 6.42 Å². The van der Waals surface area contributed by atoms with Gasteiger partial charge >= 0.3 is 0 Å². The Bertz CT molecular complexity index is 397. The van der Waals surface area contributed by atoms with Crippen LogP contribution in [0.5, 0.6) is 0 Å². The fourth-order valence-electron chi connectivity index (χ4n) is 1.23. The van der Waals surface area contributed by atoms with Crippen LogP contribution >= 0.6 is 11.6 Å². The van der Waals surface area contributed by atoms with Gasteiger partial charge in [-0.3, -0.25) is 4.98 Å². The molecule has 0 aliphatic carbocycles. The lowest BCUT2D eigenvalue weighted by Crippen LogP contribution is -1.88. The Morgan fingerprint density at radius 3 is 2.93 bits per heavy atom. The average Bonchev–Trinajstić information content (AvgIpc) is 2.68. The second-order valence-corrected chi connectivity index (χ2v) is 3.28. The summed E-state index contributed by atoms with van der Waals surface area (Å²) >= 11 is 5.62. The summed E-state index contributed by atoms with van der Waals surface area (Å²) in [4.78, 5) is 11.6. The van der Waals surface area contributed by atoms with E-state index < -0.39 is 0 Å². The van der Waals surface area contributed by atoms with Gasteiger partial charge in [0.15, 0.2) is 0 Å². The van der Waals surface area contributed by atoms with Crippen LogP contribution in [-0.4, -0.2) is 20.8 Å². The van der Waals surface area contributed by atoms with Gasteiger partial charge in [0, 0.05) is 18.5 Å². The molecule has 3 nitrogen and oxygen atoms in total. The summed E-state index contributed by atoms with van der Waals surface area (Å²) in [7, 11) is 0. The van der Waals surface area contributed by atoms with Crippen LogP contribution in [0.1, 0.15) is 5.82 Å². The number of rotatable bonds is 3. The van der Waals surface area contributed by atoms with Gasteiger partial charge < -0.3 is 4.98 Å². The van der Waals surface area contributed by atoms with Crippen molar-refractivity contribution in [3.8, 4) is 11.4 Å². The van der Waals surface area contributed by atoms with Gasteiger partial charge in [0.1, 0.15) is 5.82 Å². The number of alkyl halides is 1. The molecule has 2 rings (SSSR count). The van der Waals surface area contributed by atoms with Gasteiger partial charge in [0.05, 0.1) is 17.6 Å². The Morgan fingerprint density at radius 2 is 2.21 bits per heavy atom. The Hall–Kier alpha value is -1.35. The van der Waals surface area contributed by atoms with Crippen molar-refractivity contribution in [2.24, 2.45) is 0 Å². The monoisotopic (exact) mass is 207 g/mol. The van der Waals surface area contributed by atoms with Gasteiger partial charge in [0.2, 0.25) is 0 Å². The molecule has 0 aromatic carbocycles. The van der Waals surface area contributed by atoms with Crippen LogP contribution in [0.25, 0.3) is 11.4 Å². The number of hydrogen-bond acceptors (Lipinski definition) is 2. The third-order valence-electron chi connectivity index (χ3n) is 1.90. The quantitative estimate of drug-likeness (QED) is 0.785. The predicted molar refractivity (Wildman–Crippen MR) is 56.2 cm³/mol. The standard InChI is InChI=1S/C10H10ClN3/c11-5-4-10-13-7-9(14-10)8-3-1-2-6-12-8/h1-3,6-7H,4-5H2,(H,13,14). The van der Waals surface area contributed by atoms with Crippen molar-refractivity contribution in [1.82, 2.24) is 15.0 Å². The average molecular weight is 208 g/mol. The van der Waals surface area contributed by atoms with Crippen molar-refractivity contribution in [2.45, 2.75) is 6.42 Å². The molecule has 4 heteroatoms. The van der Waals surface area contributed by atoms with Crippen LogP contribution in [0, 0.1) is 0 Å². The molecule has 0 bridgehead atoms. The van der Waals surface area contributed by atoms with Gasteiger partial charge in [-0.2, -0.15) is 0 Å². The highest BCUT2D eigenvalue weighted by atomic mass is 35.5. The van der Waals surface area contributed by atoms with E-state index in [0.29, 0.717) is 5.88 Å². The number of pyridine rings is 1. The van der Waals surface area contributed by atoms with Crippen molar-refractivity contribution in [3.05, 3.63) is 36.4 Å². The lowest BCUT2D eigenvalue weighted by atomic mass is 10.3.